The van der Waals surface area contributed by atoms with Crippen LogP contribution in [0.5, 0.6) is 0 Å². The Labute approximate surface area is 513 Å². The lowest BCUT2D eigenvalue weighted by Crippen LogP contribution is -2.30. The summed E-state index contributed by atoms with van der Waals surface area (Å²) in [5.41, 5.74) is 0. The molecule has 83 heavy (non-hydrogen) atoms. The zero-order valence-electron chi connectivity index (χ0n) is 54.4. The van der Waals surface area contributed by atoms with Crippen LogP contribution in [0.1, 0.15) is 329 Å². The molecular weight excluding hydrogens is 1020 g/mol. The van der Waals surface area contributed by atoms with Crippen LogP contribution in [0.2, 0.25) is 0 Å². The minimum Gasteiger partial charge on any atom is -0.462 e. The molecule has 0 aliphatic heterocycles. The van der Waals surface area contributed by atoms with Gasteiger partial charge in [0.2, 0.25) is 0 Å². The summed E-state index contributed by atoms with van der Waals surface area (Å²) in [6.07, 6.45) is 97.8. The number of ether oxygens (including phenoxy) is 3. The van der Waals surface area contributed by atoms with Crippen LogP contribution in [0.4, 0.5) is 0 Å². The summed E-state index contributed by atoms with van der Waals surface area (Å²) in [7, 11) is 0. The smallest absolute Gasteiger partial charge is 0.306 e. The lowest BCUT2D eigenvalue weighted by Gasteiger charge is -2.18. The Morgan fingerprint density at radius 1 is 0.253 bits per heavy atom. The zero-order chi connectivity index (χ0) is 59.9. The Balaban J connectivity index is 4.31. The molecule has 0 rings (SSSR count). The maximum atomic E-state index is 12.9. The van der Waals surface area contributed by atoms with Crippen LogP contribution in [-0.2, 0) is 28.6 Å². The first-order valence-corrected chi connectivity index (χ1v) is 35.0. The van der Waals surface area contributed by atoms with Crippen molar-refractivity contribution in [3.63, 3.8) is 0 Å². The first-order chi connectivity index (χ1) is 41.0. The number of allylic oxidation sites excluding steroid dienone is 20. The average Bonchev–Trinajstić information content (AvgIpc) is 3.49. The third-order valence-electron chi connectivity index (χ3n) is 15.0. The summed E-state index contributed by atoms with van der Waals surface area (Å²) in [5.74, 6) is -0.894. The van der Waals surface area contributed by atoms with Gasteiger partial charge in [0.1, 0.15) is 13.2 Å². The molecule has 6 heteroatoms. The van der Waals surface area contributed by atoms with Gasteiger partial charge in [0.25, 0.3) is 0 Å². The van der Waals surface area contributed by atoms with Crippen LogP contribution >= 0.6 is 0 Å². The third-order valence-corrected chi connectivity index (χ3v) is 15.0. The first-order valence-electron chi connectivity index (χ1n) is 35.0. The molecule has 0 radical (unpaired) electrons. The lowest BCUT2D eigenvalue weighted by molar-refractivity contribution is -0.167. The largest absolute Gasteiger partial charge is 0.462 e. The van der Waals surface area contributed by atoms with Gasteiger partial charge in [0, 0.05) is 19.3 Å². The highest BCUT2D eigenvalue weighted by Gasteiger charge is 2.19. The standard InChI is InChI=1S/C77H130O6/c1-4-7-10-13-16-19-22-25-28-30-31-32-33-34-35-36-37-38-39-40-41-42-43-44-45-47-49-52-55-58-61-64-67-70-76(79)82-73-74(72-81-75(78)69-66-63-60-57-54-51-48-27-24-21-18-15-12-9-6-3)83-77(80)71-68-65-62-59-56-53-50-46-29-26-23-20-17-14-11-8-5-2/h7,10,16,18-19,21,25,27-28,31-32,34-35,37-38,40-41,43-44,48,74H,4-6,8-9,11-15,17,20,22-24,26,29-30,33,36,39,42,45-47,49-73H2,1-3H3/b10-7-,19-16-,21-18-,28-25-,32-31-,35-34-,38-37-,41-40-,44-43-,48-27-. The molecule has 0 N–H and O–H groups in total. The topological polar surface area (TPSA) is 78.9 Å². The maximum absolute atomic E-state index is 12.9. The van der Waals surface area contributed by atoms with E-state index in [1.807, 2.05) is 0 Å². The van der Waals surface area contributed by atoms with Crippen LogP contribution < -0.4 is 0 Å². The van der Waals surface area contributed by atoms with E-state index >= 15 is 0 Å². The van der Waals surface area contributed by atoms with E-state index in [0.29, 0.717) is 19.3 Å². The highest BCUT2D eigenvalue weighted by molar-refractivity contribution is 5.71. The van der Waals surface area contributed by atoms with Crippen LogP contribution in [-0.4, -0.2) is 37.2 Å². The summed E-state index contributed by atoms with van der Waals surface area (Å²) in [6.45, 7) is 6.51. The van der Waals surface area contributed by atoms with Gasteiger partial charge in [-0.25, -0.2) is 0 Å². The predicted octanol–water partition coefficient (Wildman–Crippen LogP) is 24.3. The van der Waals surface area contributed by atoms with Gasteiger partial charge < -0.3 is 14.2 Å². The van der Waals surface area contributed by atoms with E-state index in [1.54, 1.807) is 0 Å². The van der Waals surface area contributed by atoms with Crippen molar-refractivity contribution < 1.29 is 28.6 Å². The summed E-state index contributed by atoms with van der Waals surface area (Å²) in [6, 6.07) is 0. The minimum absolute atomic E-state index is 0.0858. The third kappa shape index (κ3) is 68.5. The summed E-state index contributed by atoms with van der Waals surface area (Å²) >= 11 is 0. The van der Waals surface area contributed by atoms with Crippen molar-refractivity contribution in [1.29, 1.82) is 0 Å². The number of hydrogen-bond donors (Lipinski definition) is 0. The van der Waals surface area contributed by atoms with E-state index < -0.39 is 6.10 Å². The predicted molar refractivity (Wildman–Crippen MR) is 362 cm³/mol. The molecule has 0 saturated heterocycles. The molecule has 0 aromatic rings. The minimum atomic E-state index is -0.789. The summed E-state index contributed by atoms with van der Waals surface area (Å²) in [4.78, 5) is 38.4. The van der Waals surface area contributed by atoms with Crippen molar-refractivity contribution in [2.24, 2.45) is 0 Å². The van der Waals surface area contributed by atoms with E-state index in [-0.39, 0.29) is 31.1 Å². The van der Waals surface area contributed by atoms with Crippen molar-refractivity contribution in [2.75, 3.05) is 13.2 Å². The molecule has 0 aromatic carbocycles. The molecule has 1 atom stereocenters. The number of hydrogen-bond acceptors (Lipinski definition) is 6. The second-order valence-corrected chi connectivity index (χ2v) is 23.1. The van der Waals surface area contributed by atoms with Crippen molar-refractivity contribution in [1.82, 2.24) is 0 Å². The Morgan fingerprint density at radius 2 is 0.470 bits per heavy atom. The fourth-order valence-corrected chi connectivity index (χ4v) is 9.73. The van der Waals surface area contributed by atoms with Crippen molar-refractivity contribution in [2.45, 2.75) is 335 Å². The molecule has 0 spiro atoms. The highest BCUT2D eigenvalue weighted by atomic mass is 16.6. The quantitative estimate of drug-likeness (QED) is 0.0261. The molecule has 0 aliphatic carbocycles. The molecule has 0 saturated carbocycles. The van der Waals surface area contributed by atoms with E-state index in [2.05, 4.69) is 142 Å². The maximum Gasteiger partial charge on any atom is 0.306 e. The molecular formula is C77H130O6. The SMILES string of the molecule is CC/C=C\C/C=C\C/C=C\C/C=C\C/C=C\C/C=C\C/C=C\C/C=C\CCCCCCCCCCC(=O)OCC(COC(=O)CCCCCCC/C=C\C/C=C\CCCCC)OC(=O)CCCCCCCCCCCCCCCCCCC. The van der Waals surface area contributed by atoms with E-state index in [0.717, 1.165) is 135 Å². The molecule has 6 nitrogen and oxygen atoms in total. The molecule has 0 fully saturated rings. The number of unbranched alkanes of at least 4 members (excludes halogenated alkanes) is 32. The second-order valence-electron chi connectivity index (χ2n) is 23.1. The lowest BCUT2D eigenvalue weighted by atomic mass is 10.0. The first kappa shape index (κ1) is 78.8. The molecule has 0 amide bonds. The Morgan fingerprint density at radius 3 is 0.759 bits per heavy atom. The number of rotatable bonds is 63. The Bertz CT molecular complexity index is 1700. The van der Waals surface area contributed by atoms with Crippen LogP contribution in [0.3, 0.4) is 0 Å². The monoisotopic (exact) mass is 1150 g/mol. The van der Waals surface area contributed by atoms with E-state index in [4.69, 9.17) is 14.2 Å². The van der Waals surface area contributed by atoms with Crippen LogP contribution in [0.15, 0.2) is 122 Å². The highest BCUT2D eigenvalue weighted by Crippen LogP contribution is 2.17. The summed E-state index contributed by atoms with van der Waals surface area (Å²) < 4.78 is 17.0. The van der Waals surface area contributed by atoms with Gasteiger partial charge in [-0.3, -0.25) is 14.4 Å². The van der Waals surface area contributed by atoms with Crippen LogP contribution in [0.25, 0.3) is 0 Å². The van der Waals surface area contributed by atoms with E-state index in [9.17, 15) is 14.4 Å². The van der Waals surface area contributed by atoms with Gasteiger partial charge in [-0.15, -0.1) is 0 Å². The molecule has 1 unspecified atom stereocenters. The van der Waals surface area contributed by atoms with Crippen molar-refractivity contribution in [3.8, 4) is 0 Å². The van der Waals surface area contributed by atoms with Gasteiger partial charge in [0.15, 0.2) is 6.10 Å². The fourth-order valence-electron chi connectivity index (χ4n) is 9.73. The number of esters is 3. The average molecular weight is 1150 g/mol. The normalized spacial score (nSPS) is 12.9. The van der Waals surface area contributed by atoms with Crippen molar-refractivity contribution >= 4 is 17.9 Å². The van der Waals surface area contributed by atoms with Gasteiger partial charge in [-0.2, -0.15) is 0 Å². The van der Waals surface area contributed by atoms with Gasteiger partial charge in [-0.1, -0.05) is 316 Å². The molecule has 0 aromatic heterocycles. The second kappa shape index (κ2) is 70.3. The van der Waals surface area contributed by atoms with Gasteiger partial charge in [-0.05, 0) is 116 Å². The van der Waals surface area contributed by atoms with E-state index in [1.165, 1.54) is 154 Å². The van der Waals surface area contributed by atoms with Crippen molar-refractivity contribution in [3.05, 3.63) is 122 Å². The van der Waals surface area contributed by atoms with Gasteiger partial charge >= 0.3 is 17.9 Å². The molecule has 0 heterocycles. The number of carbonyl (C=O) groups is 3. The zero-order valence-corrected chi connectivity index (χ0v) is 54.4. The fraction of sp³-hybridized carbons (Fsp3) is 0.701. The number of carbonyl (C=O) groups excluding carboxylic acids is 3. The Hall–Kier alpha value is -4.19. The Kier molecular flexibility index (Phi) is 66.7. The molecule has 0 bridgehead atoms. The van der Waals surface area contributed by atoms with Gasteiger partial charge in [0.05, 0.1) is 0 Å². The molecule has 0 aliphatic rings. The van der Waals surface area contributed by atoms with Crippen LogP contribution in [0, 0.1) is 0 Å². The summed E-state index contributed by atoms with van der Waals surface area (Å²) in [5, 5.41) is 0. The molecule has 474 valence electrons.